The SMILES string of the molecule is Cn1nc(C(C)(C)C)nc1-c1ccc(N)cc1Cl. The number of nitrogens with zero attached hydrogens (tertiary/aromatic N) is 3. The van der Waals surface area contributed by atoms with Crippen LogP contribution in [0, 0.1) is 0 Å². The van der Waals surface area contributed by atoms with Gasteiger partial charge in [0.05, 0.1) is 5.02 Å². The lowest BCUT2D eigenvalue weighted by molar-refractivity contribution is 0.538. The molecule has 0 fully saturated rings. The van der Waals surface area contributed by atoms with Crippen LogP contribution in [-0.2, 0) is 12.5 Å². The molecule has 18 heavy (non-hydrogen) atoms. The van der Waals surface area contributed by atoms with Crippen LogP contribution < -0.4 is 5.73 Å². The van der Waals surface area contributed by atoms with Crippen molar-refractivity contribution in [2.24, 2.45) is 7.05 Å². The standard InChI is InChI=1S/C13H17ClN4/c1-13(2,3)12-16-11(18(4)17-12)9-6-5-8(15)7-10(9)14/h5-7H,15H2,1-4H3. The van der Waals surface area contributed by atoms with E-state index in [1.165, 1.54) is 0 Å². The molecule has 0 saturated heterocycles. The van der Waals surface area contributed by atoms with E-state index < -0.39 is 0 Å². The fourth-order valence-corrected chi connectivity index (χ4v) is 1.92. The molecule has 0 aliphatic rings. The first-order valence-electron chi connectivity index (χ1n) is 5.76. The maximum absolute atomic E-state index is 6.20. The second-order valence-corrected chi connectivity index (χ2v) is 5.78. The van der Waals surface area contributed by atoms with Crippen LogP contribution in [0.3, 0.4) is 0 Å². The highest BCUT2D eigenvalue weighted by Gasteiger charge is 2.22. The Bertz CT molecular complexity index is 581. The molecule has 1 aromatic heterocycles. The molecule has 2 rings (SSSR count). The van der Waals surface area contributed by atoms with Crippen molar-refractivity contribution >= 4 is 17.3 Å². The summed E-state index contributed by atoms with van der Waals surface area (Å²) in [5, 5.41) is 5.03. The van der Waals surface area contributed by atoms with Crippen LogP contribution in [0.25, 0.3) is 11.4 Å². The van der Waals surface area contributed by atoms with Gasteiger partial charge in [0.2, 0.25) is 0 Å². The second kappa shape index (κ2) is 4.28. The number of anilines is 1. The summed E-state index contributed by atoms with van der Waals surface area (Å²) < 4.78 is 1.75. The smallest absolute Gasteiger partial charge is 0.159 e. The minimum absolute atomic E-state index is 0.0870. The average Bonchev–Trinajstić information content (AvgIpc) is 2.60. The minimum atomic E-state index is -0.0870. The summed E-state index contributed by atoms with van der Waals surface area (Å²) in [5.41, 5.74) is 7.09. The molecule has 0 aliphatic carbocycles. The van der Waals surface area contributed by atoms with Crippen LogP contribution >= 0.6 is 11.6 Å². The molecule has 5 heteroatoms. The lowest BCUT2D eigenvalue weighted by Gasteiger charge is -2.12. The van der Waals surface area contributed by atoms with Crippen LogP contribution in [0.2, 0.25) is 5.02 Å². The Morgan fingerprint density at radius 2 is 1.94 bits per heavy atom. The molecule has 4 nitrogen and oxygen atoms in total. The lowest BCUT2D eigenvalue weighted by atomic mass is 9.96. The third kappa shape index (κ3) is 2.34. The van der Waals surface area contributed by atoms with Crippen molar-refractivity contribution in [3.8, 4) is 11.4 Å². The highest BCUT2D eigenvalue weighted by molar-refractivity contribution is 6.33. The number of nitrogens with two attached hydrogens (primary N) is 1. The zero-order valence-electron chi connectivity index (χ0n) is 11.0. The van der Waals surface area contributed by atoms with Gasteiger partial charge in [-0.15, -0.1) is 0 Å². The van der Waals surface area contributed by atoms with Crippen LogP contribution in [0.15, 0.2) is 18.2 Å². The fraction of sp³-hybridized carbons (Fsp3) is 0.385. The molecular formula is C13H17ClN4. The van der Waals surface area contributed by atoms with Crippen molar-refractivity contribution in [1.82, 2.24) is 14.8 Å². The number of hydrogen-bond donors (Lipinski definition) is 1. The quantitative estimate of drug-likeness (QED) is 0.806. The first kappa shape index (κ1) is 12.9. The number of benzene rings is 1. The molecular weight excluding hydrogens is 248 g/mol. The number of halogens is 1. The monoisotopic (exact) mass is 264 g/mol. The summed E-state index contributed by atoms with van der Waals surface area (Å²) in [6, 6.07) is 5.41. The second-order valence-electron chi connectivity index (χ2n) is 5.37. The van der Waals surface area contributed by atoms with Gasteiger partial charge in [-0.25, -0.2) is 9.67 Å². The molecule has 0 radical (unpaired) electrons. The van der Waals surface area contributed by atoms with Crippen molar-refractivity contribution in [3.63, 3.8) is 0 Å². The van der Waals surface area contributed by atoms with Gasteiger partial charge in [0.25, 0.3) is 0 Å². The predicted molar refractivity (Wildman–Crippen MR) is 74.6 cm³/mol. The summed E-state index contributed by atoms with van der Waals surface area (Å²) in [6.45, 7) is 6.24. The highest BCUT2D eigenvalue weighted by Crippen LogP contribution is 2.29. The Hall–Kier alpha value is -1.55. The Balaban J connectivity index is 2.55. The normalized spacial score (nSPS) is 11.8. The van der Waals surface area contributed by atoms with E-state index in [9.17, 15) is 0 Å². The van der Waals surface area contributed by atoms with E-state index in [0.717, 1.165) is 17.2 Å². The molecule has 0 atom stereocenters. The van der Waals surface area contributed by atoms with Gasteiger partial charge in [-0.05, 0) is 18.2 Å². The molecule has 0 bridgehead atoms. The lowest BCUT2D eigenvalue weighted by Crippen LogP contribution is -2.13. The van der Waals surface area contributed by atoms with Crippen LogP contribution in [-0.4, -0.2) is 14.8 Å². The molecule has 0 aliphatic heterocycles. The van der Waals surface area contributed by atoms with E-state index in [-0.39, 0.29) is 5.41 Å². The number of aryl methyl sites for hydroxylation is 1. The van der Waals surface area contributed by atoms with Gasteiger partial charge in [-0.2, -0.15) is 5.10 Å². The zero-order valence-corrected chi connectivity index (χ0v) is 11.8. The van der Waals surface area contributed by atoms with Crippen molar-refractivity contribution in [1.29, 1.82) is 0 Å². The third-order valence-corrected chi connectivity index (χ3v) is 2.98. The molecule has 0 amide bonds. The Labute approximate surface area is 112 Å². The predicted octanol–water partition coefficient (Wildman–Crippen LogP) is 3.02. The van der Waals surface area contributed by atoms with Crippen molar-refractivity contribution < 1.29 is 0 Å². The van der Waals surface area contributed by atoms with Crippen LogP contribution in [0.5, 0.6) is 0 Å². The number of rotatable bonds is 1. The van der Waals surface area contributed by atoms with Crippen LogP contribution in [0.4, 0.5) is 5.69 Å². The van der Waals surface area contributed by atoms with E-state index in [1.54, 1.807) is 10.7 Å². The van der Waals surface area contributed by atoms with Crippen LogP contribution in [0.1, 0.15) is 26.6 Å². The summed E-state index contributed by atoms with van der Waals surface area (Å²) in [6.07, 6.45) is 0. The fourth-order valence-electron chi connectivity index (χ4n) is 1.65. The molecule has 1 heterocycles. The molecule has 2 aromatic rings. The van der Waals surface area contributed by atoms with E-state index in [2.05, 4.69) is 30.9 Å². The van der Waals surface area contributed by atoms with Crippen molar-refractivity contribution in [3.05, 3.63) is 29.0 Å². The molecule has 2 N–H and O–H groups in total. The highest BCUT2D eigenvalue weighted by atomic mass is 35.5. The summed E-state index contributed by atoms with van der Waals surface area (Å²) in [7, 11) is 1.87. The van der Waals surface area contributed by atoms with Gasteiger partial charge in [0.15, 0.2) is 11.6 Å². The van der Waals surface area contributed by atoms with E-state index in [0.29, 0.717) is 10.7 Å². The maximum Gasteiger partial charge on any atom is 0.159 e. The van der Waals surface area contributed by atoms with E-state index in [1.807, 2.05) is 19.2 Å². The first-order valence-corrected chi connectivity index (χ1v) is 6.14. The number of aromatic nitrogens is 3. The van der Waals surface area contributed by atoms with Gasteiger partial charge >= 0.3 is 0 Å². The Morgan fingerprint density at radius 3 is 2.44 bits per heavy atom. The van der Waals surface area contributed by atoms with Gasteiger partial charge < -0.3 is 5.73 Å². The summed E-state index contributed by atoms with van der Waals surface area (Å²) in [4.78, 5) is 4.57. The maximum atomic E-state index is 6.20. The van der Waals surface area contributed by atoms with E-state index >= 15 is 0 Å². The first-order chi connectivity index (χ1) is 8.29. The average molecular weight is 265 g/mol. The molecule has 96 valence electrons. The third-order valence-electron chi connectivity index (χ3n) is 2.67. The minimum Gasteiger partial charge on any atom is -0.399 e. The number of hydrogen-bond acceptors (Lipinski definition) is 3. The largest absolute Gasteiger partial charge is 0.399 e. The number of nitrogen functional groups attached to an aromatic ring is 1. The van der Waals surface area contributed by atoms with Crippen molar-refractivity contribution in [2.45, 2.75) is 26.2 Å². The topological polar surface area (TPSA) is 56.7 Å². The molecule has 0 saturated carbocycles. The van der Waals surface area contributed by atoms with Gasteiger partial charge in [-0.1, -0.05) is 32.4 Å². The molecule has 0 spiro atoms. The zero-order chi connectivity index (χ0) is 13.5. The van der Waals surface area contributed by atoms with Gasteiger partial charge in [0, 0.05) is 23.7 Å². The molecule has 0 unspecified atom stereocenters. The van der Waals surface area contributed by atoms with Crippen molar-refractivity contribution in [2.75, 3.05) is 5.73 Å². The Kier molecular flexibility index (Phi) is 3.07. The van der Waals surface area contributed by atoms with Gasteiger partial charge in [0.1, 0.15) is 0 Å². The van der Waals surface area contributed by atoms with Gasteiger partial charge in [-0.3, -0.25) is 0 Å². The van der Waals surface area contributed by atoms with E-state index in [4.69, 9.17) is 17.3 Å². The Morgan fingerprint density at radius 1 is 1.28 bits per heavy atom. The molecule has 1 aromatic carbocycles. The summed E-state index contributed by atoms with van der Waals surface area (Å²) in [5.74, 6) is 1.55. The summed E-state index contributed by atoms with van der Waals surface area (Å²) >= 11 is 6.20.